The molecule has 1 N–H and O–H groups in total. The average molecular weight is 370 g/mol. The quantitative estimate of drug-likeness (QED) is 0.743. The van der Waals surface area contributed by atoms with E-state index in [9.17, 15) is 13.2 Å². The van der Waals surface area contributed by atoms with E-state index in [1.165, 1.54) is 11.4 Å². The number of hydrogen-bond acceptors (Lipinski definition) is 5. The predicted molar refractivity (Wildman–Crippen MR) is 94.2 cm³/mol. The maximum absolute atomic E-state index is 12.8. The Labute approximate surface area is 149 Å². The Kier molecular flexibility index (Phi) is 7.22. The normalized spacial score (nSPS) is 15.8. The van der Waals surface area contributed by atoms with Gasteiger partial charge in [0.05, 0.1) is 25.2 Å². The summed E-state index contributed by atoms with van der Waals surface area (Å²) in [4.78, 5) is 12.0. The fourth-order valence-corrected chi connectivity index (χ4v) is 4.11. The minimum Gasteiger partial charge on any atom is -0.496 e. The molecule has 0 unspecified atom stereocenters. The van der Waals surface area contributed by atoms with Gasteiger partial charge in [0.2, 0.25) is 15.9 Å². The highest BCUT2D eigenvalue weighted by molar-refractivity contribution is 7.89. The maximum Gasteiger partial charge on any atom is 0.243 e. The summed E-state index contributed by atoms with van der Waals surface area (Å²) < 4.78 is 37.5. The zero-order valence-corrected chi connectivity index (χ0v) is 15.6. The van der Waals surface area contributed by atoms with Crippen LogP contribution in [0.5, 0.6) is 5.75 Å². The van der Waals surface area contributed by atoms with Crippen molar-refractivity contribution in [1.29, 1.82) is 0 Å². The first-order valence-electron chi connectivity index (χ1n) is 8.50. The van der Waals surface area contributed by atoms with Crippen molar-refractivity contribution in [3.8, 4) is 5.75 Å². The van der Waals surface area contributed by atoms with Crippen LogP contribution in [0.3, 0.4) is 0 Å². The number of aryl methyl sites for hydroxylation is 1. The number of nitrogens with one attached hydrogen (secondary N) is 1. The van der Waals surface area contributed by atoms with E-state index in [0.29, 0.717) is 50.6 Å². The molecule has 1 heterocycles. The van der Waals surface area contributed by atoms with Gasteiger partial charge in [0.15, 0.2) is 0 Å². The molecule has 25 heavy (non-hydrogen) atoms. The molecule has 0 aromatic heterocycles. The fourth-order valence-electron chi connectivity index (χ4n) is 2.65. The third-order valence-electron chi connectivity index (χ3n) is 4.05. The van der Waals surface area contributed by atoms with Crippen molar-refractivity contribution in [2.24, 2.45) is 0 Å². The first kappa shape index (κ1) is 19.7. The van der Waals surface area contributed by atoms with E-state index in [4.69, 9.17) is 9.47 Å². The monoisotopic (exact) mass is 370 g/mol. The molecule has 140 valence electrons. The molecular formula is C17H26N2O5S. The Hall–Kier alpha value is -1.64. The van der Waals surface area contributed by atoms with Gasteiger partial charge in [-0.3, -0.25) is 4.79 Å². The standard InChI is InChI=1S/C17H26N2O5S/c1-3-8-18-17(20)7-4-14-13-15(5-6-16(14)23-2)25(21,22)19-9-11-24-12-10-19/h5-6,13H,3-4,7-12H2,1-2H3,(H,18,20). The van der Waals surface area contributed by atoms with Gasteiger partial charge in [0, 0.05) is 26.1 Å². The number of methoxy groups -OCH3 is 1. The average Bonchev–Trinajstić information content (AvgIpc) is 2.65. The van der Waals surface area contributed by atoms with Crippen molar-refractivity contribution in [3.05, 3.63) is 23.8 Å². The third-order valence-corrected chi connectivity index (χ3v) is 5.95. The molecule has 0 saturated carbocycles. The van der Waals surface area contributed by atoms with Crippen molar-refractivity contribution in [1.82, 2.24) is 9.62 Å². The summed E-state index contributed by atoms with van der Waals surface area (Å²) in [5, 5.41) is 2.82. The van der Waals surface area contributed by atoms with Gasteiger partial charge in [-0.05, 0) is 36.6 Å². The number of carbonyl (C=O) groups is 1. The molecule has 1 saturated heterocycles. The molecule has 1 aliphatic rings. The second kappa shape index (κ2) is 9.17. The number of hydrogen-bond donors (Lipinski definition) is 1. The fraction of sp³-hybridized carbons (Fsp3) is 0.588. The van der Waals surface area contributed by atoms with E-state index in [2.05, 4.69) is 5.32 Å². The van der Waals surface area contributed by atoms with Crippen molar-refractivity contribution in [2.75, 3.05) is 40.0 Å². The maximum atomic E-state index is 12.8. The van der Waals surface area contributed by atoms with Crippen LogP contribution in [0.1, 0.15) is 25.3 Å². The Morgan fingerprint density at radius 3 is 2.68 bits per heavy atom. The zero-order valence-electron chi connectivity index (χ0n) is 14.8. The lowest BCUT2D eigenvalue weighted by atomic mass is 10.1. The van der Waals surface area contributed by atoms with Gasteiger partial charge < -0.3 is 14.8 Å². The molecule has 1 aromatic carbocycles. The molecule has 0 spiro atoms. The Balaban J connectivity index is 2.16. The van der Waals surface area contributed by atoms with E-state index >= 15 is 0 Å². The molecule has 8 heteroatoms. The smallest absolute Gasteiger partial charge is 0.243 e. The van der Waals surface area contributed by atoms with E-state index in [0.717, 1.165) is 6.42 Å². The summed E-state index contributed by atoms with van der Waals surface area (Å²) in [6, 6.07) is 4.80. The van der Waals surface area contributed by atoms with Crippen LogP contribution in [0.25, 0.3) is 0 Å². The van der Waals surface area contributed by atoms with E-state index in [1.807, 2.05) is 6.92 Å². The molecule has 0 bridgehead atoms. The lowest BCUT2D eigenvalue weighted by Crippen LogP contribution is -2.40. The molecule has 7 nitrogen and oxygen atoms in total. The van der Waals surface area contributed by atoms with Crippen molar-refractivity contribution < 1.29 is 22.7 Å². The topological polar surface area (TPSA) is 84.9 Å². The minimum absolute atomic E-state index is 0.0506. The first-order chi connectivity index (χ1) is 12.0. The SMILES string of the molecule is CCCNC(=O)CCc1cc(S(=O)(=O)N2CCOCC2)ccc1OC. The molecule has 0 atom stereocenters. The Bertz CT molecular complexity index is 684. The number of sulfonamides is 1. The van der Waals surface area contributed by atoms with Crippen LogP contribution in [0.2, 0.25) is 0 Å². The molecule has 2 rings (SSSR count). The van der Waals surface area contributed by atoms with Gasteiger partial charge in [0.1, 0.15) is 5.75 Å². The summed E-state index contributed by atoms with van der Waals surface area (Å²) in [6.07, 6.45) is 1.59. The number of nitrogens with zero attached hydrogens (tertiary/aromatic N) is 1. The van der Waals surface area contributed by atoms with Crippen molar-refractivity contribution in [2.45, 2.75) is 31.1 Å². The van der Waals surface area contributed by atoms with E-state index in [-0.39, 0.29) is 17.2 Å². The predicted octanol–water partition coefficient (Wildman–Crippen LogP) is 1.17. The molecule has 1 aromatic rings. The van der Waals surface area contributed by atoms with Gasteiger partial charge in [0.25, 0.3) is 0 Å². The zero-order chi connectivity index (χ0) is 18.3. The number of ether oxygens (including phenoxy) is 2. The highest BCUT2D eigenvalue weighted by Gasteiger charge is 2.27. The first-order valence-corrected chi connectivity index (χ1v) is 9.94. The number of benzene rings is 1. The van der Waals surface area contributed by atoms with Crippen LogP contribution in [0, 0.1) is 0 Å². The van der Waals surface area contributed by atoms with Gasteiger partial charge >= 0.3 is 0 Å². The summed E-state index contributed by atoms with van der Waals surface area (Å²) >= 11 is 0. The molecule has 0 radical (unpaired) electrons. The lowest BCUT2D eigenvalue weighted by molar-refractivity contribution is -0.121. The Morgan fingerprint density at radius 2 is 2.04 bits per heavy atom. The van der Waals surface area contributed by atoms with E-state index in [1.54, 1.807) is 18.2 Å². The van der Waals surface area contributed by atoms with Crippen LogP contribution in [-0.2, 0) is 26.0 Å². The van der Waals surface area contributed by atoms with Crippen LogP contribution in [-0.4, -0.2) is 58.6 Å². The molecule has 1 aliphatic heterocycles. The second-order valence-electron chi connectivity index (χ2n) is 5.84. The Morgan fingerprint density at radius 1 is 1.32 bits per heavy atom. The summed E-state index contributed by atoms with van der Waals surface area (Å²) in [5.41, 5.74) is 0.712. The molecule has 1 fully saturated rings. The van der Waals surface area contributed by atoms with Gasteiger partial charge in [-0.2, -0.15) is 4.31 Å². The highest BCUT2D eigenvalue weighted by atomic mass is 32.2. The van der Waals surface area contributed by atoms with Crippen LogP contribution in [0.4, 0.5) is 0 Å². The number of carbonyl (C=O) groups excluding carboxylic acids is 1. The van der Waals surface area contributed by atoms with Gasteiger partial charge in [-0.25, -0.2) is 8.42 Å². The molecule has 1 amide bonds. The number of amides is 1. The number of rotatable bonds is 8. The van der Waals surface area contributed by atoms with Crippen molar-refractivity contribution in [3.63, 3.8) is 0 Å². The molecule has 0 aliphatic carbocycles. The second-order valence-corrected chi connectivity index (χ2v) is 7.78. The van der Waals surface area contributed by atoms with E-state index < -0.39 is 10.0 Å². The molecular weight excluding hydrogens is 344 g/mol. The van der Waals surface area contributed by atoms with Gasteiger partial charge in [-0.1, -0.05) is 6.92 Å². The van der Waals surface area contributed by atoms with Crippen LogP contribution >= 0.6 is 0 Å². The van der Waals surface area contributed by atoms with Gasteiger partial charge in [-0.15, -0.1) is 0 Å². The summed E-state index contributed by atoms with van der Waals surface area (Å²) in [6.45, 7) is 4.14. The van der Waals surface area contributed by atoms with Crippen LogP contribution < -0.4 is 10.1 Å². The third kappa shape index (κ3) is 5.17. The minimum atomic E-state index is -3.57. The lowest BCUT2D eigenvalue weighted by Gasteiger charge is -2.26. The highest BCUT2D eigenvalue weighted by Crippen LogP contribution is 2.26. The van der Waals surface area contributed by atoms with Crippen molar-refractivity contribution >= 4 is 15.9 Å². The summed E-state index contributed by atoms with van der Waals surface area (Å²) in [7, 11) is -2.03. The number of morpholine rings is 1. The van der Waals surface area contributed by atoms with Crippen LogP contribution in [0.15, 0.2) is 23.1 Å². The summed E-state index contributed by atoms with van der Waals surface area (Å²) in [5.74, 6) is 0.537. The largest absolute Gasteiger partial charge is 0.496 e.